The molecule has 10 amide bonds. The van der Waals surface area contributed by atoms with E-state index in [9.17, 15) is 102 Å². The number of hydrogen-bond donors (Lipinski definition) is 20. The van der Waals surface area contributed by atoms with E-state index < -0.39 is 212 Å². The number of esters is 2. The van der Waals surface area contributed by atoms with Gasteiger partial charge in [0.25, 0.3) is 17.4 Å². The Balaban J connectivity index is 1.01. The molecule has 1 fully saturated rings. The third-order valence-electron chi connectivity index (χ3n) is 20.4. The summed E-state index contributed by atoms with van der Waals surface area (Å²) >= 11 is 0.994. The van der Waals surface area contributed by atoms with Gasteiger partial charge in [-0.1, -0.05) is 88.1 Å². The molecular formula is C81H113N21O25S3. The number of thiazole rings is 1. The van der Waals surface area contributed by atoms with Crippen LogP contribution in [0, 0.1) is 23.2 Å². The number of carbonyl (C=O) groups excluding carboxylic acids is 12. The molecule has 5 aromatic rings. The molecule has 49 heteroatoms. The average molecular weight is 1880 g/mol. The van der Waals surface area contributed by atoms with E-state index in [1.165, 1.54) is 66.7 Å². The van der Waals surface area contributed by atoms with Crippen LogP contribution < -0.4 is 75.7 Å². The lowest BCUT2D eigenvalue weighted by atomic mass is 9.92. The number of carboxylic acids is 4. The highest BCUT2D eigenvalue weighted by molar-refractivity contribution is 8.76. The molecule has 1 aliphatic rings. The number of phenolic OH excluding ortho intramolecular Hbond substituents is 1. The molecule has 6 rings (SSSR count). The molecule has 12 atom stereocenters. The molecule has 0 saturated carbocycles. The lowest BCUT2D eigenvalue weighted by Gasteiger charge is -2.39. The van der Waals surface area contributed by atoms with Crippen molar-refractivity contribution in [2.75, 3.05) is 56.0 Å². The zero-order chi connectivity index (χ0) is 96.0. The number of guanidine groups is 1. The van der Waals surface area contributed by atoms with Crippen molar-refractivity contribution in [1.29, 1.82) is 5.41 Å². The van der Waals surface area contributed by atoms with Crippen LogP contribution in [0.4, 0.5) is 16.4 Å². The highest BCUT2D eigenvalue weighted by Crippen LogP contribution is 2.33. The number of likely N-dealkylation sites (N-methyl/N-ethyl adjacent to an activating group) is 1. The number of piperidine rings is 1. The van der Waals surface area contributed by atoms with Crippen LogP contribution in [0.1, 0.15) is 182 Å². The Hall–Kier alpha value is -13.1. The van der Waals surface area contributed by atoms with E-state index >= 15 is 4.79 Å². The maximum absolute atomic E-state index is 15.0. The predicted octanol–water partition coefficient (Wildman–Crippen LogP) is 1.64. The number of amides is 10. The number of phenols is 1. The molecule has 46 nitrogen and oxygen atoms in total. The number of benzene rings is 2. The molecule has 1 aliphatic heterocycles. The molecule has 0 aliphatic carbocycles. The molecule has 22 N–H and O–H groups in total. The Kier molecular flexibility index (Phi) is 43.1. The summed E-state index contributed by atoms with van der Waals surface area (Å²) in [6.45, 7) is 11.7. The van der Waals surface area contributed by atoms with E-state index in [0.717, 1.165) is 45.8 Å². The quantitative estimate of drug-likeness (QED) is 0.00384. The molecule has 4 heterocycles. The Morgan fingerprint density at radius 2 is 1.38 bits per heavy atom. The summed E-state index contributed by atoms with van der Waals surface area (Å²) in [6, 6.07) is -0.702. The van der Waals surface area contributed by atoms with E-state index in [0.29, 0.717) is 42.8 Å². The van der Waals surface area contributed by atoms with E-state index in [1.54, 1.807) is 19.1 Å². The number of nitrogen functional groups attached to an aromatic ring is 1. The minimum atomic E-state index is -2.05. The molecule has 2 aromatic carbocycles. The normalized spacial score (nSPS) is 15.0. The van der Waals surface area contributed by atoms with Crippen molar-refractivity contribution in [1.82, 2.24) is 88.1 Å². The van der Waals surface area contributed by atoms with Gasteiger partial charge in [0.2, 0.25) is 47.3 Å². The number of fused-ring (bicyclic) bond motifs is 1. The lowest BCUT2D eigenvalue weighted by Crippen LogP contribution is -2.59. The van der Waals surface area contributed by atoms with Crippen molar-refractivity contribution in [2.45, 2.75) is 212 Å². The van der Waals surface area contributed by atoms with Gasteiger partial charge in [-0.25, -0.2) is 34.8 Å². The van der Waals surface area contributed by atoms with Gasteiger partial charge in [0.15, 0.2) is 30.0 Å². The van der Waals surface area contributed by atoms with Crippen molar-refractivity contribution in [2.24, 2.45) is 23.5 Å². The van der Waals surface area contributed by atoms with Crippen molar-refractivity contribution in [3.8, 4) is 5.75 Å². The number of carbonyl (C=O) groups is 16. The van der Waals surface area contributed by atoms with Gasteiger partial charge in [-0.15, -0.1) is 11.3 Å². The van der Waals surface area contributed by atoms with Gasteiger partial charge in [0.05, 0.1) is 37.3 Å². The average Bonchev–Trinajstić information content (AvgIpc) is 0.895. The van der Waals surface area contributed by atoms with Crippen LogP contribution in [0.5, 0.6) is 5.75 Å². The first kappa shape index (κ1) is 106. The molecule has 130 heavy (non-hydrogen) atoms. The number of anilines is 2. The smallest absolute Gasteiger partial charge is 0.426 e. The summed E-state index contributed by atoms with van der Waals surface area (Å²) in [4.78, 5) is 248. The second-order valence-electron chi connectivity index (χ2n) is 31.0. The van der Waals surface area contributed by atoms with E-state index in [4.69, 9.17) is 31.1 Å². The van der Waals surface area contributed by atoms with Gasteiger partial charge in [-0.05, 0) is 119 Å². The first-order valence-electron chi connectivity index (χ1n) is 41.6. The number of H-pyrrole nitrogens is 1. The number of likely N-dealkylation sites (tertiary alicyclic amines) is 1. The molecule has 0 bridgehead atoms. The van der Waals surface area contributed by atoms with Gasteiger partial charge < -0.3 is 104 Å². The second kappa shape index (κ2) is 53.0. The Bertz CT molecular complexity index is 4860. The first-order valence-corrected chi connectivity index (χ1v) is 45.0. The minimum absolute atomic E-state index is 0.0149. The summed E-state index contributed by atoms with van der Waals surface area (Å²) < 4.78 is 16.8. The number of ether oxygens (including phenoxy) is 3. The Morgan fingerprint density at radius 1 is 0.731 bits per heavy atom. The van der Waals surface area contributed by atoms with Gasteiger partial charge in [0, 0.05) is 78.9 Å². The summed E-state index contributed by atoms with van der Waals surface area (Å²) in [5, 5.41) is 81.4. The van der Waals surface area contributed by atoms with Crippen molar-refractivity contribution >= 4 is 157 Å². The van der Waals surface area contributed by atoms with Crippen LogP contribution in [-0.2, 0) is 89.5 Å². The number of carboxylic acid groups (broad SMARTS) is 4. The number of nitrogens with two attached hydrogens (primary N) is 2. The van der Waals surface area contributed by atoms with Crippen LogP contribution in [0.3, 0.4) is 0 Å². The number of aromatic amines is 1. The molecule has 0 spiro atoms. The lowest BCUT2D eigenvalue weighted by molar-refractivity contribution is -0.160. The fourth-order valence-electron chi connectivity index (χ4n) is 13.3. The van der Waals surface area contributed by atoms with E-state index in [-0.39, 0.29) is 114 Å². The van der Waals surface area contributed by atoms with Gasteiger partial charge >= 0.3 is 41.9 Å². The zero-order valence-electron chi connectivity index (χ0n) is 72.8. The van der Waals surface area contributed by atoms with E-state index in [1.807, 2.05) is 39.6 Å². The predicted molar refractivity (Wildman–Crippen MR) is 472 cm³/mol. The SMILES string of the molecule is CCCC(=O)OCN(C(=O)[C@@H](NC(=O)[C@H]1CCCCN1C)[C@@H](C)CC)[C@H](C[C@@H](OC(C)=O)c1nc(C(=O)N[C@@H](Cc2ccc(O)cc2)C[C@H](C)C(=O)NNC(=O)OCCSSC[C@H](NC(=O)[C@H](CC(=O)O)NC(=O)[C@H](CCCNC(=N)N)NC(=O)[C@H](CC(=O)O)NC(=O)CC[C@H](NC(=O)c2ccc(NCc3cnc4nc(N)[nH]c(=O)c4n3)cc2)C(=O)O)C(=O)O)cs1)C(C)C. The summed E-state index contributed by atoms with van der Waals surface area (Å²) in [7, 11) is 3.66. The molecule has 1 saturated heterocycles. The topological polar surface area (TPSA) is 701 Å². The maximum atomic E-state index is 15.0. The third-order valence-corrected chi connectivity index (χ3v) is 23.7. The van der Waals surface area contributed by atoms with E-state index in [2.05, 4.69) is 83.6 Å². The fraction of sp³-hybridized carbons (Fsp3) is 0.531. The molecule has 710 valence electrons. The number of hydrogen-bond acceptors (Lipinski definition) is 32. The van der Waals surface area contributed by atoms with Gasteiger partial charge in [-0.2, -0.15) is 4.98 Å². The van der Waals surface area contributed by atoms with Crippen LogP contribution in [0.25, 0.3) is 11.2 Å². The summed E-state index contributed by atoms with van der Waals surface area (Å²) in [5.74, 6) is -18.8. The maximum Gasteiger partial charge on any atom is 0.426 e. The first-order chi connectivity index (χ1) is 61.6. The van der Waals surface area contributed by atoms with Crippen LogP contribution in [0.15, 0.2) is 64.9 Å². The molecular weight excluding hydrogens is 1760 g/mol. The van der Waals surface area contributed by atoms with Crippen molar-refractivity contribution < 1.29 is 116 Å². The number of nitrogens with one attached hydrogen (secondary N) is 13. The van der Waals surface area contributed by atoms with Gasteiger partial charge in [0.1, 0.15) is 59.3 Å². The molecule has 0 radical (unpaired) electrons. The molecule has 0 unspecified atom stereocenters. The number of aliphatic carboxylic acids is 4. The summed E-state index contributed by atoms with van der Waals surface area (Å²) in [5.41, 5.74) is 16.0. The summed E-state index contributed by atoms with van der Waals surface area (Å²) in [6.07, 6.45) is -1.67. The zero-order valence-corrected chi connectivity index (χ0v) is 75.2. The van der Waals surface area contributed by atoms with Crippen LogP contribution in [0.2, 0.25) is 0 Å². The Labute approximate surface area is 758 Å². The van der Waals surface area contributed by atoms with Gasteiger partial charge in [-0.3, -0.25) is 87.8 Å². The highest BCUT2D eigenvalue weighted by atomic mass is 33.1. The number of aromatic hydroxyl groups is 1. The monoisotopic (exact) mass is 1880 g/mol. The van der Waals surface area contributed by atoms with Crippen LogP contribution >= 0.6 is 32.9 Å². The Morgan fingerprint density at radius 3 is 2.01 bits per heavy atom. The number of aromatic nitrogens is 5. The third kappa shape index (κ3) is 35.5. The molecule has 3 aromatic heterocycles. The van der Waals surface area contributed by atoms with Crippen molar-refractivity contribution in [3.63, 3.8) is 0 Å². The number of hydrazine groups is 1. The minimum Gasteiger partial charge on any atom is -0.508 e. The largest absolute Gasteiger partial charge is 0.508 e. The fourth-order valence-corrected chi connectivity index (χ4v) is 16.1. The van der Waals surface area contributed by atoms with Crippen molar-refractivity contribution in [3.05, 3.63) is 98.0 Å². The standard InChI is InChI=1S/C81H113N21O25S3/c1-9-14-63(110)126-40-102(76(119)64(42(5)10-2)96-73(117)57-16-11-12-28-101(57)8)58(41(3)4)35-59(127-44(7)103)75-95-55(38-128-75)72(116)89-48(32-45-17-23-50(104)24-18-45)31-43(6)67(111)99-100-81(124)125-29-30-129-130-39-56(78(122)123)94-71(115)54(34-62(108)109)93-69(113)51(15-13-27-85-79(82)83)91-70(114)53(33-61(106)107)90-60(105)26-25-52(77(120)121)92-68(112)46-19-21-47(22-20-46)86-36-49-37-87-66-65(88-49)74(118)98-80(84)97-66/h17-24,37-38,41-43,48,51-54,56-59,64,86,104H,9-16,25-36,39-40H2,1-8H3,(H,89,116)(H,90,105)(H,91,114)(H,92,112)(H,93,113)(H,94,115)(H,96,117)(H,99,111)(H,100,124)(H,106,107)(H,108,109)(H,120,121)(H,122,123)(H4,82,83,85)(H3,84,87,97,98,118)/t42-,43-,48+,51-,52-,53-,54-,56-,57+,58+,59+,64-/m0/s1. The van der Waals surface area contributed by atoms with Crippen LogP contribution in [-0.4, -0.2) is 261 Å². The second-order valence-corrected chi connectivity index (χ2v) is 34.5. The number of nitrogens with zero attached hydrogens (tertiary/aromatic N) is 6. The number of rotatable bonds is 53. The highest BCUT2D eigenvalue weighted by Gasteiger charge is 2.41.